The Morgan fingerprint density at radius 1 is 1.07 bits per heavy atom. The maximum absolute atomic E-state index is 12.5. The number of rotatable bonds is 5. The summed E-state index contributed by atoms with van der Waals surface area (Å²) in [5, 5.41) is 21.3. The molecule has 28 heavy (non-hydrogen) atoms. The summed E-state index contributed by atoms with van der Waals surface area (Å²) in [4.78, 5) is 22.4. The van der Waals surface area contributed by atoms with Crippen molar-refractivity contribution < 1.29 is 17.9 Å². The van der Waals surface area contributed by atoms with Gasteiger partial charge in [0, 0.05) is 12.1 Å². The van der Waals surface area contributed by atoms with Crippen molar-refractivity contribution in [1.82, 2.24) is 9.78 Å². The summed E-state index contributed by atoms with van der Waals surface area (Å²) in [6.45, 7) is 1.61. The lowest BCUT2D eigenvalue weighted by molar-refractivity contribution is -0.384. The van der Waals surface area contributed by atoms with Gasteiger partial charge in [0.1, 0.15) is 0 Å². The molecule has 0 aliphatic heterocycles. The number of nitro groups is 1. The van der Waals surface area contributed by atoms with Gasteiger partial charge in [-0.25, -0.2) is 4.68 Å². The molecule has 0 unspecified atom stereocenters. The van der Waals surface area contributed by atoms with Crippen LogP contribution in [0.3, 0.4) is 0 Å². The molecule has 0 bridgehead atoms. The fourth-order valence-corrected chi connectivity index (χ4v) is 2.83. The molecule has 2 aromatic carbocycles. The van der Waals surface area contributed by atoms with E-state index in [4.69, 9.17) is 4.55 Å². The molecular weight excluding hydrogens is 390 g/mol. The number of azo groups is 1. The van der Waals surface area contributed by atoms with E-state index in [1.807, 2.05) is 0 Å². The van der Waals surface area contributed by atoms with Gasteiger partial charge in [0.05, 0.1) is 26.9 Å². The minimum absolute atomic E-state index is 0.0252. The minimum atomic E-state index is -4.31. The smallest absolute Gasteiger partial charge is 0.293 e. The Morgan fingerprint density at radius 2 is 1.68 bits per heavy atom. The van der Waals surface area contributed by atoms with Crippen LogP contribution in [0.4, 0.5) is 17.1 Å². The van der Waals surface area contributed by atoms with E-state index in [0.717, 1.165) is 12.1 Å². The Hall–Kier alpha value is -3.64. The van der Waals surface area contributed by atoms with Gasteiger partial charge in [0.25, 0.3) is 21.4 Å². The lowest BCUT2D eigenvalue weighted by Crippen LogP contribution is -2.13. The van der Waals surface area contributed by atoms with Crippen LogP contribution < -0.4 is 5.56 Å². The lowest BCUT2D eigenvalue weighted by atomic mass is 10.3. The molecule has 0 saturated heterocycles. The highest BCUT2D eigenvalue weighted by molar-refractivity contribution is 7.85. The number of aryl methyl sites for hydroxylation is 1. The zero-order valence-electron chi connectivity index (χ0n) is 14.3. The summed E-state index contributed by atoms with van der Waals surface area (Å²) in [5.74, 6) is 0. The van der Waals surface area contributed by atoms with Crippen molar-refractivity contribution in [3.05, 3.63) is 74.7 Å². The summed E-state index contributed by atoms with van der Waals surface area (Å²) in [5.41, 5.74) is 0.490. The molecule has 0 fully saturated rings. The van der Waals surface area contributed by atoms with Gasteiger partial charge in [-0.1, -0.05) is 0 Å². The van der Waals surface area contributed by atoms with Gasteiger partial charge in [-0.15, -0.1) is 5.11 Å². The van der Waals surface area contributed by atoms with Gasteiger partial charge >= 0.3 is 0 Å². The van der Waals surface area contributed by atoms with E-state index in [2.05, 4.69) is 15.3 Å². The van der Waals surface area contributed by atoms with Crippen molar-refractivity contribution in [3.63, 3.8) is 0 Å². The quantitative estimate of drug-likeness (QED) is 0.288. The van der Waals surface area contributed by atoms with Crippen molar-refractivity contribution in [2.75, 3.05) is 0 Å². The third-order valence-electron chi connectivity index (χ3n) is 3.76. The van der Waals surface area contributed by atoms with Crippen molar-refractivity contribution in [1.29, 1.82) is 0 Å². The second kappa shape index (κ2) is 7.17. The van der Waals surface area contributed by atoms with Crippen molar-refractivity contribution in [3.8, 4) is 5.69 Å². The van der Waals surface area contributed by atoms with Crippen LogP contribution in [0.25, 0.3) is 5.69 Å². The molecule has 1 aromatic heterocycles. The average Bonchev–Trinajstić information content (AvgIpc) is 2.93. The molecule has 1 heterocycles. The number of aromatic nitrogens is 2. The molecule has 0 spiro atoms. The van der Waals surface area contributed by atoms with Crippen LogP contribution >= 0.6 is 0 Å². The largest absolute Gasteiger partial charge is 0.299 e. The summed E-state index contributed by atoms with van der Waals surface area (Å²) >= 11 is 0. The number of non-ortho nitro benzene ring substituents is 1. The molecule has 2 N–H and O–H groups in total. The van der Waals surface area contributed by atoms with E-state index in [-0.39, 0.29) is 22.0 Å². The normalized spacial score (nSPS) is 11.8. The van der Waals surface area contributed by atoms with Crippen LogP contribution in [-0.2, 0) is 10.1 Å². The Morgan fingerprint density at radius 3 is 2.21 bits per heavy atom. The first-order chi connectivity index (χ1) is 13.2. The summed E-state index contributed by atoms with van der Waals surface area (Å²) in [7, 11) is -4.31. The van der Waals surface area contributed by atoms with Crippen LogP contribution in [-0.4, -0.2) is 27.7 Å². The molecule has 0 radical (unpaired) electrons. The molecule has 0 saturated carbocycles. The van der Waals surface area contributed by atoms with Gasteiger partial charge in [-0.2, -0.15) is 13.5 Å². The van der Waals surface area contributed by atoms with Gasteiger partial charge in [-0.3, -0.25) is 24.6 Å². The van der Waals surface area contributed by atoms with Crippen LogP contribution in [0, 0.1) is 17.0 Å². The standard InChI is InChI=1S/C16H13N5O6S/c1-10-15(18-17-11-2-8-14(9-3-11)28(25,26)27)16(22)20(19-10)12-4-6-13(7-5-12)21(23)24/h2-9,19H,1H3,(H,25,26,27). The van der Waals surface area contributed by atoms with E-state index in [9.17, 15) is 23.3 Å². The number of nitro benzene ring substituents is 1. The monoisotopic (exact) mass is 403 g/mol. The molecule has 12 heteroatoms. The topological polar surface area (TPSA) is 160 Å². The molecule has 3 rings (SSSR count). The maximum atomic E-state index is 12.5. The Bertz CT molecular complexity index is 1220. The Kier molecular flexibility index (Phi) is 4.90. The summed E-state index contributed by atoms with van der Waals surface area (Å²) < 4.78 is 32.2. The fraction of sp³-hybridized carbons (Fsp3) is 0.0625. The first kappa shape index (κ1) is 19.1. The highest BCUT2D eigenvalue weighted by Gasteiger charge is 2.14. The van der Waals surface area contributed by atoms with Crippen molar-refractivity contribution in [2.24, 2.45) is 10.2 Å². The lowest BCUT2D eigenvalue weighted by Gasteiger charge is -2.00. The van der Waals surface area contributed by atoms with Crippen molar-refractivity contribution >= 4 is 27.2 Å². The fourth-order valence-electron chi connectivity index (χ4n) is 2.35. The molecule has 3 aromatic rings. The van der Waals surface area contributed by atoms with Gasteiger partial charge in [-0.05, 0) is 43.3 Å². The Labute approximate surface area is 157 Å². The number of nitrogens with zero attached hydrogens (tertiary/aromatic N) is 4. The first-order valence-electron chi connectivity index (χ1n) is 7.72. The van der Waals surface area contributed by atoms with Gasteiger partial charge in [0.15, 0.2) is 5.69 Å². The predicted molar refractivity (Wildman–Crippen MR) is 98.2 cm³/mol. The number of benzene rings is 2. The van der Waals surface area contributed by atoms with E-state index in [1.54, 1.807) is 6.92 Å². The number of aromatic amines is 1. The molecule has 0 aliphatic rings. The van der Waals surface area contributed by atoms with Crippen molar-refractivity contribution in [2.45, 2.75) is 11.8 Å². The number of H-pyrrole nitrogens is 1. The van der Waals surface area contributed by atoms with E-state index in [0.29, 0.717) is 11.4 Å². The predicted octanol–water partition coefficient (Wildman–Crippen LogP) is 3.04. The van der Waals surface area contributed by atoms with Gasteiger partial charge < -0.3 is 0 Å². The number of hydrogen-bond donors (Lipinski definition) is 2. The Balaban J connectivity index is 1.91. The first-order valence-corrected chi connectivity index (χ1v) is 9.16. The molecule has 144 valence electrons. The maximum Gasteiger partial charge on any atom is 0.299 e. The third kappa shape index (κ3) is 3.87. The van der Waals surface area contributed by atoms with Crippen LogP contribution in [0.2, 0.25) is 0 Å². The second-order valence-corrected chi connectivity index (χ2v) is 7.09. The van der Waals surface area contributed by atoms with E-state index in [1.165, 1.54) is 41.1 Å². The SMILES string of the molecule is Cc1[nH]n(-c2ccc([N+](=O)[O-])cc2)c(=O)c1N=Nc1ccc(S(=O)(=O)O)cc1. The third-order valence-corrected chi connectivity index (χ3v) is 4.63. The molecule has 0 atom stereocenters. The van der Waals surface area contributed by atoms with Gasteiger partial charge in [0.2, 0.25) is 0 Å². The molecule has 0 aliphatic carbocycles. The summed E-state index contributed by atoms with van der Waals surface area (Å²) in [6.07, 6.45) is 0. The highest BCUT2D eigenvalue weighted by Crippen LogP contribution is 2.21. The zero-order valence-corrected chi connectivity index (χ0v) is 15.1. The average molecular weight is 403 g/mol. The zero-order chi connectivity index (χ0) is 20.5. The minimum Gasteiger partial charge on any atom is -0.293 e. The number of hydrogen-bond acceptors (Lipinski definition) is 7. The van der Waals surface area contributed by atoms with Crippen LogP contribution in [0.15, 0.2) is 68.4 Å². The van der Waals surface area contributed by atoms with E-state index < -0.39 is 20.6 Å². The van der Waals surface area contributed by atoms with Crippen LogP contribution in [0.1, 0.15) is 5.69 Å². The molecule has 11 nitrogen and oxygen atoms in total. The second-order valence-electron chi connectivity index (χ2n) is 5.67. The molecular formula is C16H13N5O6S. The van der Waals surface area contributed by atoms with Crippen LogP contribution in [0.5, 0.6) is 0 Å². The summed E-state index contributed by atoms with van der Waals surface area (Å²) in [6, 6.07) is 10.3. The van der Waals surface area contributed by atoms with E-state index >= 15 is 0 Å². The number of nitrogens with one attached hydrogen (secondary N) is 1. The molecule has 0 amide bonds. The highest BCUT2D eigenvalue weighted by atomic mass is 32.2.